The topological polar surface area (TPSA) is 94.7 Å². The van der Waals surface area contributed by atoms with Gasteiger partial charge in [-0.15, -0.1) is 0 Å². The molecule has 1 aromatic carbocycles. The highest BCUT2D eigenvalue weighted by molar-refractivity contribution is 7.89. The van der Waals surface area contributed by atoms with Gasteiger partial charge in [-0.1, -0.05) is 6.07 Å². The van der Waals surface area contributed by atoms with E-state index < -0.39 is 10.0 Å². The number of aryl methyl sites for hydroxylation is 1. The predicted octanol–water partition coefficient (Wildman–Crippen LogP) is 2.15. The number of nitrogens with one attached hydrogen (secondary N) is 1. The Bertz CT molecular complexity index is 1160. The van der Waals surface area contributed by atoms with Gasteiger partial charge in [0, 0.05) is 38.4 Å². The number of nitrogens with zero attached hydrogens (tertiary/aromatic N) is 5. The Morgan fingerprint density at radius 1 is 1.00 bits per heavy atom. The van der Waals surface area contributed by atoms with Gasteiger partial charge in [0.05, 0.1) is 22.0 Å². The fraction of sp³-hybridized carbons (Fsp3) is 0.105. The summed E-state index contributed by atoms with van der Waals surface area (Å²) in [6.45, 7) is 0.155. The van der Waals surface area contributed by atoms with Crippen LogP contribution in [0.5, 0.6) is 0 Å². The van der Waals surface area contributed by atoms with Crippen molar-refractivity contribution < 1.29 is 8.42 Å². The minimum atomic E-state index is -3.63. The summed E-state index contributed by atoms with van der Waals surface area (Å²) < 4.78 is 31.1. The largest absolute Gasteiger partial charge is 0.266 e. The van der Waals surface area contributed by atoms with E-state index in [-0.39, 0.29) is 11.4 Å². The molecule has 0 saturated carbocycles. The van der Waals surface area contributed by atoms with Gasteiger partial charge in [-0.3, -0.25) is 9.67 Å². The third-order valence-electron chi connectivity index (χ3n) is 4.29. The second kappa shape index (κ2) is 7.37. The summed E-state index contributed by atoms with van der Waals surface area (Å²) in [5, 5.41) is 8.24. The molecular formula is C19H18N6O2S. The molecule has 28 heavy (non-hydrogen) atoms. The van der Waals surface area contributed by atoms with Crippen molar-refractivity contribution in [2.45, 2.75) is 11.4 Å². The molecule has 0 aliphatic rings. The maximum absolute atomic E-state index is 12.5. The van der Waals surface area contributed by atoms with Crippen LogP contribution in [-0.4, -0.2) is 33.0 Å². The maximum atomic E-state index is 12.5. The van der Waals surface area contributed by atoms with Crippen LogP contribution in [-0.2, 0) is 23.6 Å². The summed E-state index contributed by atoms with van der Waals surface area (Å²) in [6, 6.07) is 13.9. The maximum Gasteiger partial charge on any atom is 0.240 e. The van der Waals surface area contributed by atoms with Gasteiger partial charge in [0.25, 0.3) is 0 Å². The lowest BCUT2D eigenvalue weighted by Crippen LogP contribution is -2.23. The summed E-state index contributed by atoms with van der Waals surface area (Å²) in [4.78, 5) is 4.59. The lowest BCUT2D eigenvalue weighted by atomic mass is 10.2. The minimum absolute atomic E-state index is 0.155. The zero-order valence-electron chi connectivity index (χ0n) is 15.1. The van der Waals surface area contributed by atoms with Crippen molar-refractivity contribution in [2.24, 2.45) is 7.05 Å². The fourth-order valence-electron chi connectivity index (χ4n) is 2.77. The van der Waals surface area contributed by atoms with Crippen LogP contribution in [0.2, 0.25) is 0 Å². The van der Waals surface area contributed by atoms with Crippen LogP contribution in [0.1, 0.15) is 5.56 Å². The molecule has 3 aromatic heterocycles. The summed E-state index contributed by atoms with van der Waals surface area (Å²) in [5.41, 5.74) is 3.23. The zero-order chi connectivity index (χ0) is 19.6. The normalized spacial score (nSPS) is 11.6. The van der Waals surface area contributed by atoms with Crippen molar-refractivity contribution in [1.82, 2.24) is 29.3 Å². The van der Waals surface area contributed by atoms with Crippen LogP contribution in [0.25, 0.3) is 17.1 Å². The minimum Gasteiger partial charge on any atom is -0.266 e. The monoisotopic (exact) mass is 394 g/mol. The van der Waals surface area contributed by atoms with Crippen molar-refractivity contribution in [3.63, 3.8) is 0 Å². The van der Waals surface area contributed by atoms with Gasteiger partial charge in [-0.2, -0.15) is 10.2 Å². The number of sulfonamides is 1. The number of hydrogen-bond acceptors (Lipinski definition) is 5. The Morgan fingerprint density at radius 3 is 2.43 bits per heavy atom. The van der Waals surface area contributed by atoms with Gasteiger partial charge in [0.15, 0.2) is 0 Å². The first kappa shape index (κ1) is 18.1. The Hall–Kier alpha value is -3.30. The van der Waals surface area contributed by atoms with Gasteiger partial charge in [0.1, 0.15) is 0 Å². The van der Waals surface area contributed by atoms with Gasteiger partial charge in [0.2, 0.25) is 10.0 Å². The first-order valence-corrected chi connectivity index (χ1v) is 10.0. The Morgan fingerprint density at radius 2 is 1.82 bits per heavy atom. The molecule has 0 bridgehead atoms. The molecule has 9 heteroatoms. The molecule has 0 amide bonds. The zero-order valence-corrected chi connectivity index (χ0v) is 15.9. The van der Waals surface area contributed by atoms with Crippen molar-refractivity contribution in [3.05, 3.63) is 78.9 Å². The highest BCUT2D eigenvalue weighted by Crippen LogP contribution is 2.16. The van der Waals surface area contributed by atoms with Gasteiger partial charge in [-0.25, -0.2) is 17.8 Å². The number of benzene rings is 1. The number of rotatable bonds is 6. The molecule has 0 atom stereocenters. The molecule has 1 N–H and O–H groups in total. The predicted molar refractivity (Wildman–Crippen MR) is 104 cm³/mol. The SMILES string of the molecule is Cn1nccc1-c1ccc(CNS(=O)(=O)c2ccc(-n3cccn3)cc2)cn1. The lowest BCUT2D eigenvalue weighted by molar-refractivity contribution is 0.581. The highest BCUT2D eigenvalue weighted by atomic mass is 32.2. The van der Waals surface area contributed by atoms with E-state index >= 15 is 0 Å². The summed E-state index contributed by atoms with van der Waals surface area (Å²) in [5.74, 6) is 0. The molecule has 142 valence electrons. The number of aromatic nitrogens is 5. The average molecular weight is 394 g/mol. The number of pyridine rings is 1. The highest BCUT2D eigenvalue weighted by Gasteiger charge is 2.14. The summed E-state index contributed by atoms with van der Waals surface area (Å²) >= 11 is 0. The second-order valence-electron chi connectivity index (χ2n) is 6.16. The molecule has 0 fully saturated rings. The van der Waals surface area contributed by atoms with Crippen molar-refractivity contribution in [1.29, 1.82) is 0 Å². The quantitative estimate of drug-likeness (QED) is 0.541. The van der Waals surface area contributed by atoms with Crippen LogP contribution >= 0.6 is 0 Å². The molecule has 0 aliphatic carbocycles. The Kier molecular flexibility index (Phi) is 4.76. The van der Waals surface area contributed by atoms with E-state index in [1.165, 1.54) is 0 Å². The van der Waals surface area contributed by atoms with Gasteiger partial charge < -0.3 is 0 Å². The average Bonchev–Trinajstić information content (AvgIpc) is 3.39. The van der Waals surface area contributed by atoms with Gasteiger partial charge in [-0.05, 0) is 48.0 Å². The van der Waals surface area contributed by atoms with Crippen LogP contribution in [0.3, 0.4) is 0 Å². The molecule has 8 nitrogen and oxygen atoms in total. The molecule has 3 heterocycles. The standard InChI is InChI=1S/C19H18N6O2S/c1-24-19(9-11-21-24)18-8-3-15(13-20-18)14-23-28(26,27)17-6-4-16(5-7-17)25-12-2-10-22-25/h2-13,23H,14H2,1H3. The first-order chi connectivity index (χ1) is 13.5. The van der Waals surface area contributed by atoms with E-state index in [0.29, 0.717) is 0 Å². The summed E-state index contributed by atoms with van der Waals surface area (Å²) in [7, 11) is -1.78. The van der Waals surface area contributed by atoms with Crippen LogP contribution < -0.4 is 4.72 Å². The van der Waals surface area contributed by atoms with E-state index in [9.17, 15) is 8.42 Å². The Balaban J connectivity index is 1.44. The molecular weight excluding hydrogens is 376 g/mol. The molecule has 0 saturated heterocycles. The van der Waals surface area contributed by atoms with Crippen molar-refractivity contribution >= 4 is 10.0 Å². The second-order valence-corrected chi connectivity index (χ2v) is 7.93. The molecule has 0 radical (unpaired) electrons. The van der Waals surface area contributed by atoms with Crippen LogP contribution in [0.4, 0.5) is 0 Å². The molecule has 0 unspecified atom stereocenters. The smallest absolute Gasteiger partial charge is 0.240 e. The van der Waals surface area contributed by atoms with Crippen LogP contribution in [0.15, 0.2) is 78.2 Å². The van der Waals surface area contributed by atoms with Crippen molar-refractivity contribution in [3.8, 4) is 17.1 Å². The molecule has 4 aromatic rings. The summed E-state index contributed by atoms with van der Waals surface area (Å²) in [6.07, 6.45) is 6.83. The van der Waals surface area contributed by atoms with Crippen LogP contribution in [0, 0.1) is 0 Å². The van der Waals surface area contributed by atoms with E-state index in [2.05, 4.69) is 19.9 Å². The van der Waals surface area contributed by atoms with E-state index in [4.69, 9.17) is 0 Å². The lowest BCUT2D eigenvalue weighted by Gasteiger charge is -2.08. The fourth-order valence-corrected chi connectivity index (χ4v) is 3.78. The number of hydrogen-bond donors (Lipinski definition) is 1. The third kappa shape index (κ3) is 3.71. The van der Waals surface area contributed by atoms with E-state index in [1.54, 1.807) is 64.5 Å². The third-order valence-corrected chi connectivity index (χ3v) is 5.71. The first-order valence-electron chi connectivity index (χ1n) is 8.56. The van der Waals surface area contributed by atoms with Gasteiger partial charge >= 0.3 is 0 Å². The van der Waals surface area contributed by atoms with Crippen molar-refractivity contribution in [2.75, 3.05) is 0 Å². The molecule has 4 rings (SSSR count). The molecule has 0 aliphatic heterocycles. The van der Waals surface area contributed by atoms with E-state index in [1.807, 2.05) is 25.2 Å². The van der Waals surface area contributed by atoms with E-state index in [0.717, 1.165) is 22.6 Å². The molecule has 0 spiro atoms. The Labute approximate surface area is 162 Å².